The molecule has 3 rings (SSSR count). The fraction of sp³-hybridized carbons (Fsp3) is 0.571. The van der Waals surface area contributed by atoms with Gasteiger partial charge >= 0.3 is 0 Å². The summed E-state index contributed by atoms with van der Waals surface area (Å²) in [5, 5.41) is 0. The second kappa shape index (κ2) is 5.40. The minimum atomic E-state index is -3.40. The molecule has 1 aromatic rings. The molecule has 2 unspecified atom stereocenters. The Morgan fingerprint density at radius 1 is 1.30 bits per heavy atom. The molecule has 4 nitrogen and oxygen atoms in total. The highest BCUT2D eigenvalue weighted by Crippen LogP contribution is 2.29. The van der Waals surface area contributed by atoms with Gasteiger partial charge in [0, 0.05) is 29.6 Å². The molecular weight excluding hydrogens is 340 g/mol. The minimum Gasteiger partial charge on any atom is -0.297 e. The summed E-state index contributed by atoms with van der Waals surface area (Å²) in [4.78, 5) is 2.81. The number of fused-ring (bicyclic) bond motifs is 1. The van der Waals surface area contributed by atoms with E-state index < -0.39 is 10.0 Å². The second-order valence-corrected chi connectivity index (χ2v) is 8.48. The number of sulfonamides is 1. The van der Waals surface area contributed by atoms with E-state index in [9.17, 15) is 8.42 Å². The molecule has 2 aliphatic rings. The van der Waals surface area contributed by atoms with Crippen LogP contribution in [0.15, 0.2) is 33.6 Å². The summed E-state index contributed by atoms with van der Waals surface area (Å²) in [5.41, 5.74) is 0. The summed E-state index contributed by atoms with van der Waals surface area (Å²) in [6.07, 6.45) is 2.29. The SMILES string of the molecule is CC1CN2CCCC2CN1S(=O)(=O)c1cccc(Br)c1. The standard InChI is InChI=1S/C14H19BrN2O2S/c1-11-9-16-7-3-5-13(16)10-17(11)20(18,19)14-6-2-4-12(15)8-14/h2,4,6,8,11,13H,3,5,7,9-10H2,1H3. The van der Waals surface area contributed by atoms with Crippen LogP contribution in [0.25, 0.3) is 0 Å². The number of halogens is 1. The average molecular weight is 359 g/mol. The van der Waals surface area contributed by atoms with Gasteiger partial charge in [-0.1, -0.05) is 22.0 Å². The highest BCUT2D eigenvalue weighted by molar-refractivity contribution is 9.10. The zero-order valence-corrected chi connectivity index (χ0v) is 13.9. The molecule has 0 N–H and O–H groups in total. The maximum Gasteiger partial charge on any atom is 0.243 e. The molecule has 0 bridgehead atoms. The van der Waals surface area contributed by atoms with E-state index in [1.165, 1.54) is 6.42 Å². The number of rotatable bonds is 2. The summed E-state index contributed by atoms with van der Waals surface area (Å²) in [6, 6.07) is 7.41. The molecule has 2 atom stereocenters. The molecule has 2 saturated heterocycles. The first-order valence-electron chi connectivity index (χ1n) is 7.00. The van der Waals surface area contributed by atoms with Crippen molar-refractivity contribution in [3.63, 3.8) is 0 Å². The maximum atomic E-state index is 12.8. The molecule has 0 aliphatic carbocycles. The van der Waals surface area contributed by atoms with E-state index >= 15 is 0 Å². The van der Waals surface area contributed by atoms with Crippen molar-refractivity contribution in [2.75, 3.05) is 19.6 Å². The molecule has 0 saturated carbocycles. The number of piperazine rings is 1. The number of benzene rings is 1. The van der Waals surface area contributed by atoms with E-state index in [2.05, 4.69) is 20.8 Å². The van der Waals surface area contributed by atoms with Gasteiger partial charge in [-0.2, -0.15) is 4.31 Å². The third-order valence-corrected chi connectivity index (χ3v) is 6.75. The van der Waals surface area contributed by atoms with E-state index in [1.807, 2.05) is 13.0 Å². The van der Waals surface area contributed by atoms with Crippen molar-refractivity contribution in [3.8, 4) is 0 Å². The van der Waals surface area contributed by atoms with Crippen molar-refractivity contribution in [3.05, 3.63) is 28.7 Å². The van der Waals surface area contributed by atoms with Crippen LogP contribution in [-0.4, -0.2) is 49.3 Å². The largest absolute Gasteiger partial charge is 0.297 e. The highest BCUT2D eigenvalue weighted by atomic mass is 79.9. The van der Waals surface area contributed by atoms with Crippen LogP contribution < -0.4 is 0 Å². The smallest absolute Gasteiger partial charge is 0.243 e. The van der Waals surface area contributed by atoms with Gasteiger partial charge in [-0.05, 0) is 44.5 Å². The van der Waals surface area contributed by atoms with Gasteiger partial charge in [0.25, 0.3) is 0 Å². The average Bonchev–Trinajstić information content (AvgIpc) is 2.84. The zero-order valence-electron chi connectivity index (χ0n) is 11.5. The van der Waals surface area contributed by atoms with Crippen molar-refractivity contribution in [2.24, 2.45) is 0 Å². The lowest BCUT2D eigenvalue weighted by Gasteiger charge is -2.41. The highest BCUT2D eigenvalue weighted by Gasteiger charge is 2.40. The Morgan fingerprint density at radius 3 is 2.85 bits per heavy atom. The van der Waals surface area contributed by atoms with Crippen LogP contribution in [0.4, 0.5) is 0 Å². The summed E-state index contributed by atoms with van der Waals surface area (Å²) in [6.45, 7) is 4.58. The van der Waals surface area contributed by atoms with E-state index in [4.69, 9.17) is 0 Å². The third-order valence-electron chi connectivity index (χ3n) is 4.28. The van der Waals surface area contributed by atoms with Gasteiger partial charge in [-0.15, -0.1) is 0 Å². The predicted molar refractivity (Wildman–Crippen MR) is 82.1 cm³/mol. The third kappa shape index (κ3) is 2.54. The molecule has 0 amide bonds. The zero-order chi connectivity index (χ0) is 14.3. The number of hydrogen-bond acceptors (Lipinski definition) is 3. The van der Waals surface area contributed by atoms with Gasteiger partial charge in [-0.3, -0.25) is 4.90 Å². The first-order chi connectivity index (χ1) is 9.48. The van der Waals surface area contributed by atoms with Crippen molar-refractivity contribution < 1.29 is 8.42 Å². The van der Waals surface area contributed by atoms with Crippen LogP contribution in [0.1, 0.15) is 19.8 Å². The molecule has 110 valence electrons. The van der Waals surface area contributed by atoms with Crippen molar-refractivity contribution in [1.82, 2.24) is 9.21 Å². The summed E-state index contributed by atoms with van der Waals surface area (Å²) in [5.74, 6) is 0. The van der Waals surface area contributed by atoms with Crippen molar-refractivity contribution in [2.45, 2.75) is 36.7 Å². The Balaban J connectivity index is 1.90. The fourth-order valence-electron chi connectivity index (χ4n) is 3.26. The van der Waals surface area contributed by atoms with Crippen molar-refractivity contribution >= 4 is 26.0 Å². The maximum absolute atomic E-state index is 12.8. The van der Waals surface area contributed by atoms with Crippen LogP contribution in [-0.2, 0) is 10.0 Å². The van der Waals surface area contributed by atoms with Gasteiger partial charge in [0.05, 0.1) is 4.90 Å². The number of nitrogens with zero attached hydrogens (tertiary/aromatic N) is 2. The van der Waals surface area contributed by atoms with Crippen LogP contribution in [0, 0.1) is 0 Å². The molecule has 2 aliphatic heterocycles. The van der Waals surface area contributed by atoms with E-state index in [-0.39, 0.29) is 6.04 Å². The molecule has 1 aromatic carbocycles. The predicted octanol–water partition coefficient (Wildman–Crippen LogP) is 2.31. The lowest BCUT2D eigenvalue weighted by Crippen LogP contribution is -2.56. The first kappa shape index (κ1) is 14.5. The second-order valence-electron chi connectivity index (χ2n) is 5.67. The lowest BCUT2D eigenvalue weighted by atomic mass is 10.1. The molecule has 6 heteroatoms. The Morgan fingerprint density at radius 2 is 2.10 bits per heavy atom. The molecule has 0 aromatic heterocycles. The van der Waals surface area contributed by atoms with Crippen LogP contribution in [0.5, 0.6) is 0 Å². The molecule has 0 spiro atoms. The van der Waals surface area contributed by atoms with Crippen molar-refractivity contribution in [1.29, 1.82) is 0 Å². The fourth-order valence-corrected chi connectivity index (χ4v) is 5.52. The van der Waals surface area contributed by atoms with Crippen LogP contribution in [0.3, 0.4) is 0 Å². The Hall–Kier alpha value is -0.430. The monoisotopic (exact) mass is 358 g/mol. The Bertz CT molecular complexity index is 605. The quantitative estimate of drug-likeness (QED) is 0.814. The number of hydrogen-bond donors (Lipinski definition) is 0. The van der Waals surface area contributed by atoms with Gasteiger partial charge in [0.2, 0.25) is 10.0 Å². The molecule has 0 radical (unpaired) electrons. The van der Waals surface area contributed by atoms with Gasteiger partial charge in [-0.25, -0.2) is 8.42 Å². The summed E-state index contributed by atoms with van der Waals surface area (Å²) >= 11 is 3.35. The van der Waals surface area contributed by atoms with Crippen LogP contribution in [0.2, 0.25) is 0 Å². The lowest BCUT2D eigenvalue weighted by molar-refractivity contribution is 0.117. The molecule has 2 heterocycles. The molecule has 20 heavy (non-hydrogen) atoms. The normalized spacial score (nSPS) is 28.5. The van der Waals surface area contributed by atoms with E-state index in [0.29, 0.717) is 17.5 Å². The summed E-state index contributed by atoms with van der Waals surface area (Å²) < 4.78 is 28.1. The topological polar surface area (TPSA) is 40.6 Å². The van der Waals surface area contributed by atoms with Gasteiger partial charge in [0.15, 0.2) is 0 Å². The van der Waals surface area contributed by atoms with Gasteiger partial charge < -0.3 is 0 Å². The summed E-state index contributed by atoms with van der Waals surface area (Å²) in [7, 11) is -3.40. The van der Waals surface area contributed by atoms with E-state index in [1.54, 1.807) is 22.5 Å². The first-order valence-corrected chi connectivity index (χ1v) is 9.23. The Kier molecular flexibility index (Phi) is 3.92. The van der Waals surface area contributed by atoms with Crippen LogP contribution >= 0.6 is 15.9 Å². The van der Waals surface area contributed by atoms with Gasteiger partial charge in [0.1, 0.15) is 0 Å². The molecule has 2 fully saturated rings. The minimum absolute atomic E-state index is 0.0355. The molecular formula is C14H19BrN2O2S. The Labute approximate surface area is 128 Å². The van der Waals surface area contributed by atoms with E-state index in [0.717, 1.165) is 24.0 Å².